The van der Waals surface area contributed by atoms with Crippen LogP contribution < -0.4 is 5.32 Å². The molecule has 0 bridgehead atoms. The summed E-state index contributed by atoms with van der Waals surface area (Å²) in [7, 11) is 0. The van der Waals surface area contributed by atoms with Crippen molar-refractivity contribution >= 4 is 5.91 Å². The first kappa shape index (κ1) is 14.8. The van der Waals surface area contributed by atoms with Gasteiger partial charge in [0, 0.05) is 24.2 Å². The predicted molar refractivity (Wildman–Crippen MR) is 79.5 cm³/mol. The first-order chi connectivity index (χ1) is 10.2. The van der Waals surface area contributed by atoms with Gasteiger partial charge in [0.25, 0.3) is 5.91 Å². The van der Waals surface area contributed by atoms with E-state index in [-0.39, 0.29) is 12.5 Å². The summed E-state index contributed by atoms with van der Waals surface area (Å²) in [6.45, 7) is 2.33. The van der Waals surface area contributed by atoms with E-state index in [9.17, 15) is 4.79 Å². The maximum Gasteiger partial charge on any atom is 0.255 e. The van der Waals surface area contributed by atoms with Gasteiger partial charge in [0.05, 0.1) is 18.4 Å². The van der Waals surface area contributed by atoms with Gasteiger partial charge in [-0.1, -0.05) is 24.0 Å². The molecule has 1 heterocycles. The van der Waals surface area contributed by atoms with Crippen molar-refractivity contribution in [3.8, 4) is 11.8 Å². The Kier molecular flexibility index (Phi) is 5.13. The highest BCUT2D eigenvalue weighted by atomic mass is 16.2. The molecule has 0 aliphatic carbocycles. The van der Waals surface area contributed by atoms with Crippen LogP contribution in [0.3, 0.4) is 0 Å². The molecule has 0 unspecified atom stereocenters. The van der Waals surface area contributed by atoms with Crippen LogP contribution in [0, 0.1) is 18.8 Å². The molecule has 2 rings (SSSR count). The fourth-order valence-corrected chi connectivity index (χ4v) is 1.78. The smallest absolute Gasteiger partial charge is 0.255 e. The highest BCUT2D eigenvalue weighted by Gasteiger charge is 2.09. The van der Waals surface area contributed by atoms with Crippen LogP contribution in [0.2, 0.25) is 0 Å². The van der Waals surface area contributed by atoms with E-state index in [2.05, 4.69) is 27.4 Å². The van der Waals surface area contributed by atoms with E-state index in [1.165, 1.54) is 6.20 Å². The van der Waals surface area contributed by atoms with E-state index >= 15 is 0 Å². The monoisotopic (exact) mass is 283 g/mol. The molecule has 0 saturated heterocycles. The number of aromatic nitrogens is 2. The van der Waals surface area contributed by atoms with Crippen molar-refractivity contribution in [3.63, 3.8) is 0 Å². The van der Waals surface area contributed by atoms with Crippen LogP contribution in [0.1, 0.15) is 33.6 Å². The molecule has 0 fully saturated rings. The zero-order chi connectivity index (χ0) is 15.1. The number of hydrogen-bond acceptors (Lipinski definition) is 3. The molecule has 1 amide bonds. The number of nitrogens with zero attached hydrogens (tertiary/aromatic N) is 1. The molecule has 0 spiro atoms. The molecule has 0 radical (unpaired) electrons. The molecule has 0 aliphatic heterocycles. The number of aryl methyl sites for hydroxylation is 1. The third-order valence-corrected chi connectivity index (χ3v) is 2.95. The molecule has 5 heteroatoms. The standard InChI is InChI=1S/C16H17N3O2/c1-12-15(11-18-19-12)16(21)17-10-14-7-5-13(6-8-14)4-2-3-9-20/h5-8,11,20H,3,9-10H2,1H3,(H,17,21)(H,18,19). The van der Waals surface area contributed by atoms with Crippen LogP contribution in [0.5, 0.6) is 0 Å². The van der Waals surface area contributed by atoms with Crippen molar-refractivity contribution in [1.82, 2.24) is 15.5 Å². The average molecular weight is 283 g/mol. The van der Waals surface area contributed by atoms with Crippen LogP contribution in [-0.4, -0.2) is 27.8 Å². The molecule has 1 aromatic heterocycles. The number of aliphatic hydroxyl groups is 1. The van der Waals surface area contributed by atoms with Gasteiger partial charge in [-0.15, -0.1) is 0 Å². The van der Waals surface area contributed by atoms with Gasteiger partial charge in [-0.05, 0) is 24.6 Å². The van der Waals surface area contributed by atoms with Crippen LogP contribution in [0.4, 0.5) is 0 Å². The first-order valence-electron chi connectivity index (χ1n) is 6.67. The summed E-state index contributed by atoms with van der Waals surface area (Å²) in [5, 5.41) is 18.1. The number of aliphatic hydroxyl groups excluding tert-OH is 1. The number of aromatic amines is 1. The second-order valence-electron chi connectivity index (χ2n) is 4.56. The fraction of sp³-hybridized carbons (Fsp3) is 0.250. The minimum Gasteiger partial charge on any atom is -0.395 e. The van der Waals surface area contributed by atoms with Crippen LogP contribution in [-0.2, 0) is 6.54 Å². The molecule has 0 aliphatic rings. The van der Waals surface area contributed by atoms with Gasteiger partial charge in [-0.3, -0.25) is 9.89 Å². The van der Waals surface area contributed by atoms with Crippen LogP contribution >= 0.6 is 0 Å². The van der Waals surface area contributed by atoms with Gasteiger partial charge in [0.1, 0.15) is 0 Å². The first-order valence-corrected chi connectivity index (χ1v) is 6.67. The van der Waals surface area contributed by atoms with E-state index in [1.54, 1.807) is 0 Å². The third kappa shape index (κ3) is 4.20. The summed E-state index contributed by atoms with van der Waals surface area (Å²) in [5.41, 5.74) is 3.20. The molecule has 108 valence electrons. The zero-order valence-electron chi connectivity index (χ0n) is 11.8. The highest BCUT2D eigenvalue weighted by molar-refractivity contribution is 5.94. The second kappa shape index (κ2) is 7.27. The number of rotatable bonds is 4. The summed E-state index contributed by atoms with van der Waals surface area (Å²) in [6.07, 6.45) is 1.99. The van der Waals surface area contributed by atoms with Crippen molar-refractivity contribution < 1.29 is 9.90 Å². The molecule has 5 nitrogen and oxygen atoms in total. The number of amides is 1. The number of carbonyl (C=O) groups is 1. The van der Waals surface area contributed by atoms with E-state index in [0.717, 1.165) is 16.8 Å². The minimum atomic E-state index is -0.145. The van der Waals surface area contributed by atoms with E-state index in [4.69, 9.17) is 5.11 Å². The lowest BCUT2D eigenvalue weighted by molar-refractivity contribution is 0.0950. The predicted octanol–water partition coefficient (Wildman–Crippen LogP) is 1.38. The fourth-order valence-electron chi connectivity index (χ4n) is 1.78. The number of H-pyrrole nitrogens is 1. The molecule has 3 N–H and O–H groups in total. The topological polar surface area (TPSA) is 78.0 Å². The number of carbonyl (C=O) groups excluding carboxylic acids is 1. The Morgan fingerprint density at radius 3 is 2.76 bits per heavy atom. The van der Waals surface area contributed by atoms with E-state index in [1.807, 2.05) is 31.2 Å². The summed E-state index contributed by atoms with van der Waals surface area (Å²) in [6, 6.07) is 7.64. The third-order valence-electron chi connectivity index (χ3n) is 2.95. The lowest BCUT2D eigenvalue weighted by Gasteiger charge is -2.04. The summed E-state index contributed by atoms with van der Waals surface area (Å²) in [5.74, 6) is 5.68. The van der Waals surface area contributed by atoms with E-state index < -0.39 is 0 Å². The van der Waals surface area contributed by atoms with Crippen molar-refractivity contribution in [2.24, 2.45) is 0 Å². The van der Waals surface area contributed by atoms with Gasteiger partial charge >= 0.3 is 0 Å². The molecule has 0 saturated carbocycles. The van der Waals surface area contributed by atoms with Crippen LogP contribution in [0.15, 0.2) is 30.5 Å². The van der Waals surface area contributed by atoms with Crippen molar-refractivity contribution in [1.29, 1.82) is 0 Å². The van der Waals surface area contributed by atoms with E-state index in [0.29, 0.717) is 18.5 Å². The minimum absolute atomic E-state index is 0.0740. The Balaban J connectivity index is 1.91. The van der Waals surface area contributed by atoms with Gasteiger partial charge in [0.15, 0.2) is 0 Å². The van der Waals surface area contributed by atoms with Gasteiger partial charge in [0.2, 0.25) is 0 Å². The Morgan fingerprint density at radius 2 is 2.14 bits per heavy atom. The molecule has 1 aromatic carbocycles. The molecule has 0 atom stereocenters. The van der Waals surface area contributed by atoms with Crippen molar-refractivity contribution in [2.45, 2.75) is 19.9 Å². The van der Waals surface area contributed by atoms with Gasteiger partial charge in [-0.25, -0.2) is 0 Å². The Hall–Kier alpha value is -2.58. The zero-order valence-corrected chi connectivity index (χ0v) is 11.8. The highest BCUT2D eigenvalue weighted by Crippen LogP contribution is 2.05. The largest absolute Gasteiger partial charge is 0.395 e. The summed E-state index contributed by atoms with van der Waals surface area (Å²) >= 11 is 0. The summed E-state index contributed by atoms with van der Waals surface area (Å²) in [4.78, 5) is 11.9. The van der Waals surface area contributed by atoms with Gasteiger partial charge < -0.3 is 10.4 Å². The molecular formula is C16H17N3O2. The lowest BCUT2D eigenvalue weighted by Crippen LogP contribution is -2.23. The second-order valence-corrected chi connectivity index (χ2v) is 4.56. The molecule has 21 heavy (non-hydrogen) atoms. The molecular weight excluding hydrogens is 266 g/mol. The normalized spacial score (nSPS) is 9.81. The maximum absolute atomic E-state index is 11.9. The molecule has 2 aromatic rings. The lowest BCUT2D eigenvalue weighted by atomic mass is 10.1. The number of nitrogens with one attached hydrogen (secondary N) is 2. The van der Waals surface area contributed by atoms with Gasteiger partial charge in [-0.2, -0.15) is 5.10 Å². The Morgan fingerprint density at radius 1 is 1.38 bits per heavy atom. The van der Waals surface area contributed by atoms with Crippen molar-refractivity contribution in [3.05, 3.63) is 52.8 Å². The quantitative estimate of drug-likeness (QED) is 0.742. The average Bonchev–Trinajstić information content (AvgIpc) is 2.92. The summed E-state index contributed by atoms with van der Waals surface area (Å²) < 4.78 is 0. The van der Waals surface area contributed by atoms with Crippen molar-refractivity contribution in [2.75, 3.05) is 6.61 Å². The Bertz CT molecular complexity index is 663. The maximum atomic E-state index is 11.9. The van der Waals surface area contributed by atoms with Crippen LogP contribution in [0.25, 0.3) is 0 Å². The Labute approximate surface area is 123 Å². The number of hydrogen-bond donors (Lipinski definition) is 3. The number of benzene rings is 1. The SMILES string of the molecule is Cc1[nH]ncc1C(=O)NCc1ccc(C#CCCO)cc1.